The molecule has 2 nitrogen and oxygen atoms in total. The third-order valence-corrected chi connectivity index (χ3v) is 3.73. The number of nitrogens with two attached hydrogens (primary N) is 1. The van der Waals surface area contributed by atoms with E-state index >= 15 is 0 Å². The van der Waals surface area contributed by atoms with Gasteiger partial charge in [0.2, 0.25) is 0 Å². The van der Waals surface area contributed by atoms with Gasteiger partial charge in [-0.15, -0.1) is 0 Å². The number of hydrogen-bond acceptors (Lipinski definition) is 2. The Labute approximate surface area is 118 Å². The number of benzene rings is 1. The topological polar surface area (TPSA) is 35.2 Å². The normalized spacial score (nSPS) is 13.4. The van der Waals surface area contributed by atoms with Crippen molar-refractivity contribution in [3.05, 3.63) is 28.8 Å². The van der Waals surface area contributed by atoms with E-state index in [0.29, 0.717) is 12.5 Å². The fourth-order valence-electron chi connectivity index (χ4n) is 2.47. The molecule has 2 N–H and O–H groups in total. The average molecular weight is 263 g/mol. The SMILES string of the molecule is CCc1cc(C(C)CCN)c(OC)c(C(C)(C)C)c1. The van der Waals surface area contributed by atoms with Gasteiger partial charge < -0.3 is 10.5 Å². The molecule has 0 saturated carbocycles. The van der Waals surface area contributed by atoms with E-state index < -0.39 is 0 Å². The fraction of sp³-hybridized carbons (Fsp3) is 0.647. The lowest BCUT2D eigenvalue weighted by atomic mass is 9.81. The van der Waals surface area contributed by atoms with E-state index in [0.717, 1.165) is 18.6 Å². The highest BCUT2D eigenvalue weighted by atomic mass is 16.5. The van der Waals surface area contributed by atoms with Crippen LogP contribution < -0.4 is 10.5 Å². The summed E-state index contributed by atoms with van der Waals surface area (Å²) in [6.07, 6.45) is 2.04. The predicted octanol–water partition coefficient (Wildman–Crippen LogP) is 4.01. The first-order chi connectivity index (χ1) is 8.85. The lowest BCUT2D eigenvalue weighted by molar-refractivity contribution is 0.388. The minimum absolute atomic E-state index is 0.0910. The zero-order valence-electron chi connectivity index (χ0n) is 13.3. The molecule has 0 fully saturated rings. The lowest BCUT2D eigenvalue weighted by Crippen LogP contribution is -2.16. The van der Waals surface area contributed by atoms with Crippen LogP contribution in [0.3, 0.4) is 0 Å². The first kappa shape index (κ1) is 16.0. The Morgan fingerprint density at radius 3 is 2.32 bits per heavy atom. The third-order valence-electron chi connectivity index (χ3n) is 3.73. The van der Waals surface area contributed by atoms with E-state index in [1.165, 1.54) is 16.7 Å². The number of ether oxygens (including phenoxy) is 1. The van der Waals surface area contributed by atoms with Gasteiger partial charge >= 0.3 is 0 Å². The third kappa shape index (κ3) is 3.73. The van der Waals surface area contributed by atoms with Crippen LogP contribution in [0.4, 0.5) is 0 Å². The summed E-state index contributed by atoms with van der Waals surface area (Å²) in [4.78, 5) is 0. The van der Waals surface area contributed by atoms with Crippen molar-refractivity contribution in [2.45, 2.75) is 58.8 Å². The van der Waals surface area contributed by atoms with Gasteiger partial charge in [-0.3, -0.25) is 0 Å². The summed E-state index contributed by atoms with van der Waals surface area (Å²) in [6.45, 7) is 11.9. The summed E-state index contributed by atoms with van der Waals surface area (Å²) in [5, 5.41) is 0. The highest BCUT2D eigenvalue weighted by molar-refractivity contribution is 5.49. The van der Waals surface area contributed by atoms with Gasteiger partial charge in [0.15, 0.2) is 0 Å². The van der Waals surface area contributed by atoms with Crippen molar-refractivity contribution in [2.24, 2.45) is 5.73 Å². The van der Waals surface area contributed by atoms with Crippen molar-refractivity contribution >= 4 is 0 Å². The zero-order valence-corrected chi connectivity index (χ0v) is 13.3. The minimum Gasteiger partial charge on any atom is -0.496 e. The summed E-state index contributed by atoms with van der Waals surface area (Å²) < 4.78 is 5.73. The Bertz CT molecular complexity index is 418. The Morgan fingerprint density at radius 2 is 1.89 bits per heavy atom. The Morgan fingerprint density at radius 1 is 1.26 bits per heavy atom. The van der Waals surface area contributed by atoms with E-state index in [2.05, 4.69) is 46.8 Å². The van der Waals surface area contributed by atoms with E-state index in [1.807, 2.05) is 0 Å². The van der Waals surface area contributed by atoms with Crippen molar-refractivity contribution < 1.29 is 4.74 Å². The molecule has 2 heteroatoms. The van der Waals surface area contributed by atoms with Crippen LogP contribution in [0.15, 0.2) is 12.1 Å². The number of methoxy groups -OCH3 is 1. The molecular formula is C17H29NO. The molecule has 0 bridgehead atoms. The monoisotopic (exact) mass is 263 g/mol. The molecule has 1 unspecified atom stereocenters. The quantitative estimate of drug-likeness (QED) is 0.871. The van der Waals surface area contributed by atoms with Crippen LogP contribution >= 0.6 is 0 Å². The predicted molar refractivity (Wildman–Crippen MR) is 83.2 cm³/mol. The molecular weight excluding hydrogens is 234 g/mol. The van der Waals surface area contributed by atoms with E-state index in [4.69, 9.17) is 10.5 Å². The molecule has 19 heavy (non-hydrogen) atoms. The minimum atomic E-state index is 0.0910. The molecule has 1 aromatic carbocycles. The van der Waals surface area contributed by atoms with E-state index in [-0.39, 0.29) is 5.41 Å². The lowest BCUT2D eigenvalue weighted by Gasteiger charge is -2.27. The second-order valence-corrected chi connectivity index (χ2v) is 6.35. The Balaban J connectivity index is 3.43. The molecule has 0 aliphatic rings. The highest BCUT2D eigenvalue weighted by Gasteiger charge is 2.23. The molecule has 0 aromatic heterocycles. The fourth-order valence-corrected chi connectivity index (χ4v) is 2.47. The largest absolute Gasteiger partial charge is 0.496 e. The smallest absolute Gasteiger partial charge is 0.126 e. The highest BCUT2D eigenvalue weighted by Crippen LogP contribution is 2.39. The van der Waals surface area contributed by atoms with Gasteiger partial charge in [-0.1, -0.05) is 46.8 Å². The maximum Gasteiger partial charge on any atom is 0.126 e. The Hall–Kier alpha value is -1.02. The summed E-state index contributed by atoms with van der Waals surface area (Å²) >= 11 is 0. The van der Waals surface area contributed by atoms with Crippen LogP contribution in [0.25, 0.3) is 0 Å². The van der Waals surface area contributed by atoms with Gasteiger partial charge in [0.25, 0.3) is 0 Å². The molecule has 0 aliphatic carbocycles. The van der Waals surface area contributed by atoms with Crippen LogP contribution in [0.1, 0.15) is 63.6 Å². The van der Waals surface area contributed by atoms with Crippen molar-refractivity contribution in [1.29, 1.82) is 0 Å². The second kappa shape index (κ2) is 6.42. The molecule has 0 saturated heterocycles. The average Bonchev–Trinajstić information content (AvgIpc) is 2.36. The van der Waals surface area contributed by atoms with Gasteiger partial charge in [0.1, 0.15) is 5.75 Å². The van der Waals surface area contributed by atoms with Crippen molar-refractivity contribution in [2.75, 3.05) is 13.7 Å². The summed E-state index contributed by atoms with van der Waals surface area (Å²) in [5.74, 6) is 1.48. The van der Waals surface area contributed by atoms with Crippen molar-refractivity contribution in [1.82, 2.24) is 0 Å². The summed E-state index contributed by atoms with van der Waals surface area (Å²) in [6, 6.07) is 4.58. The maximum atomic E-state index is 5.73. The van der Waals surface area contributed by atoms with Gasteiger partial charge in [0.05, 0.1) is 7.11 Å². The number of aryl methyl sites for hydroxylation is 1. The van der Waals surface area contributed by atoms with Gasteiger partial charge in [-0.05, 0) is 41.8 Å². The zero-order chi connectivity index (χ0) is 14.6. The van der Waals surface area contributed by atoms with Crippen LogP contribution in [-0.2, 0) is 11.8 Å². The standard InChI is InChI=1S/C17H29NO/c1-7-13-10-14(12(2)8-9-18)16(19-6)15(11-13)17(3,4)5/h10-12H,7-9,18H2,1-6H3. The molecule has 0 heterocycles. The van der Waals surface area contributed by atoms with Gasteiger partial charge in [-0.25, -0.2) is 0 Å². The van der Waals surface area contributed by atoms with Crippen LogP contribution in [-0.4, -0.2) is 13.7 Å². The van der Waals surface area contributed by atoms with Crippen LogP contribution in [0, 0.1) is 0 Å². The molecule has 0 aliphatic heterocycles. The summed E-state index contributed by atoms with van der Waals surface area (Å²) in [5.41, 5.74) is 9.78. The first-order valence-electron chi connectivity index (χ1n) is 7.26. The molecule has 0 radical (unpaired) electrons. The molecule has 108 valence electrons. The van der Waals surface area contributed by atoms with Gasteiger partial charge in [-0.2, -0.15) is 0 Å². The first-order valence-corrected chi connectivity index (χ1v) is 7.26. The van der Waals surface area contributed by atoms with Crippen molar-refractivity contribution in [3.8, 4) is 5.75 Å². The molecule has 1 atom stereocenters. The molecule has 0 amide bonds. The van der Waals surface area contributed by atoms with Crippen molar-refractivity contribution in [3.63, 3.8) is 0 Å². The number of rotatable bonds is 5. The number of hydrogen-bond donors (Lipinski definition) is 1. The molecule has 0 spiro atoms. The maximum absolute atomic E-state index is 5.73. The van der Waals surface area contributed by atoms with Crippen LogP contribution in [0.5, 0.6) is 5.75 Å². The Kier molecular flexibility index (Phi) is 5.42. The second-order valence-electron chi connectivity index (χ2n) is 6.35. The summed E-state index contributed by atoms with van der Waals surface area (Å²) in [7, 11) is 1.77. The van der Waals surface area contributed by atoms with E-state index in [9.17, 15) is 0 Å². The molecule has 1 aromatic rings. The molecule has 1 rings (SSSR count). The van der Waals surface area contributed by atoms with Gasteiger partial charge in [0, 0.05) is 5.56 Å². The van der Waals surface area contributed by atoms with Crippen LogP contribution in [0.2, 0.25) is 0 Å². The van der Waals surface area contributed by atoms with E-state index in [1.54, 1.807) is 7.11 Å².